The van der Waals surface area contributed by atoms with Gasteiger partial charge in [0.15, 0.2) is 0 Å². The van der Waals surface area contributed by atoms with E-state index in [1.54, 1.807) is 0 Å². The monoisotopic (exact) mass is 121 g/mol. The maximum absolute atomic E-state index is 11.2. The second kappa shape index (κ2) is 4.36. The Morgan fingerprint density at radius 3 is 2.62 bits per heavy atom. The number of hydrogen-bond acceptors (Lipinski definition) is 2. The highest BCUT2D eigenvalue weighted by Gasteiger charge is 1.95. The van der Waals surface area contributed by atoms with Crippen LogP contribution in [0, 0.1) is 0 Å². The molecule has 0 aliphatic heterocycles. The van der Waals surface area contributed by atoms with Crippen LogP contribution in [0.3, 0.4) is 0 Å². The van der Waals surface area contributed by atoms with Gasteiger partial charge < -0.3 is 4.74 Å². The van der Waals surface area contributed by atoms with E-state index < -0.39 is 12.8 Å². The molecule has 0 bridgehead atoms. The van der Waals surface area contributed by atoms with Gasteiger partial charge in [-0.25, -0.2) is 0 Å². The van der Waals surface area contributed by atoms with Gasteiger partial charge in [-0.05, 0) is 0 Å². The van der Waals surface area contributed by atoms with Crippen LogP contribution >= 0.6 is 0 Å². The van der Waals surface area contributed by atoms with E-state index in [2.05, 4.69) is 4.74 Å². The molecule has 47 valence electrons. The van der Waals surface area contributed by atoms with Crippen molar-refractivity contribution in [3.05, 3.63) is 0 Å². The highest BCUT2D eigenvalue weighted by atomic mass is 19.1. The molecule has 0 atom stereocenters. The average molecular weight is 121 g/mol. The van der Waals surface area contributed by atoms with Crippen molar-refractivity contribution < 1.29 is 19.0 Å². The summed E-state index contributed by atoms with van der Waals surface area (Å²) in [7, 11) is 0. The Labute approximate surface area is 46.1 Å². The summed E-state index contributed by atoms with van der Waals surface area (Å²) in [4.78, 5) is 9.42. The first kappa shape index (κ1) is 7.20. The molecule has 0 saturated heterocycles. The smallest absolute Gasteiger partial charge is 0.432 e. The lowest BCUT2D eigenvalue weighted by molar-refractivity contribution is 0.0656. The van der Waals surface area contributed by atoms with Crippen LogP contribution < -0.4 is 0 Å². The van der Waals surface area contributed by atoms with E-state index in [9.17, 15) is 14.3 Å². The Bertz CT molecular complexity index is 73.7. The number of alkyl halides is 1. The maximum atomic E-state index is 11.2. The molecule has 0 aliphatic rings. The van der Waals surface area contributed by atoms with Gasteiger partial charge in [-0.3, -0.25) is 4.39 Å². The van der Waals surface area contributed by atoms with E-state index in [1.807, 2.05) is 0 Å². The third kappa shape index (κ3) is 5.20. The summed E-state index contributed by atoms with van der Waals surface area (Å²) in [6.45, 7) is -0.674. The summed E-state index contributed by atoms with van der Waals surface area (Å²) in [6.07, 6.45) is -1.49. The van der Waals surface area contributed by atoms with Crippen LogP contribution in [0.25, 0.3) is 0 Å². The molecule has 0 aromatic rings. The fourth-order valence-electron chi connectivity index (χ4n) is 0.210. The van der Waals surface area contributed by atoms with E-state index in [0.717, 1.165) is 0 Å². The predicted octanol–water partition coefficient (Wildman–Crippen LogP) is 0.913. The van der Waals surface area contributed by atoms with Gasteiger partial charge in [0.05, 0.1) is 13.3 Å². The highest BCUT2D eigenvalue weighted by molar-refractivity contribution is 5.56. The van der Waals surface area contributed by atoms with E-state index in [4.69, 9.17) is 0 Å². The zero-order chi connectivity index (χ0) is 6.41. The van der Waals surface area contributed by atoms with Gasteiger partial charge >= 0.3 is 6.16 Å². The number of halogens is 1. The zero-order valence-electron chi connectivity index (χ0n) is 4.22. The van der Waals surface area contributed by atoms with Gasteiger partial charge in [0.2, 0.25) is 0 Å². The molecule has 0 saturated carbocycles. The molecule has 0 N–H and O–H groups in total. The second-order valence-corrected chi connectivity index (χ2v) is 1.14. The minimum absolute atomic E-state index is 0.105. The SMILES string of the molecule is [O]C(=O)OCCCF. The van der Waals surface area contributed by atoms with Crippen LogP contribution in [0.15, 0.2) is 0 Å². The number of carbonyl (C=O) groups is 1. The summed E-state index contributed by atoms with van der Waals surface area (Å²) in [5, 5.41) is 9.42. The van der Waals surface area contributed by atoms with Crippen molar-refractivity contribution in [2.75, 3.05) is 13.3 Å². The molecule has 0 aromatic carbocycles. The number of carbonyl (C=O) groups excluding carboxylic acids is 1. The Morgan fingerprint density at radius 2 is 2.25 bits per heavy atom. The van der Waals surface area contributed by atoms with Gasteiger partial charge in [0, 0.05) is 6.42 Å². The molecule has 8 heavy (non-hydrogen) atoms. The first-order chi connectivity index (χ1) is 3.77. The third-order valence-corrected chi connectivity index (χ3v) is 0.498. The molecule has 3 nitrogen and oxygen atoms in total. The van der Waals surface area contributed by atoms with Gasteiger partial charge in [0.1, 0.15) is 0 Å². The molecule has 0 unspecified atom stereocenters. The molecule has 0 aromatic heterocycles. The predicted molar refractivity (Wildman–Crippen MR) is 22.6 cm³/mol. The van der Waals surface area contributed by atoms with Crippen LogP contribution in [-0.2, 0) is 9.84 Å². The number of rotatable bonds is 3. The van der Waals surface area contributed by atoms with E-state index in [0.29, 0.717) is 0 Å². The minimum Gasteiger partial charge on any atom is -0.432 e. The fourth-order valence-corrected chi connectivity index (χ4v) is 0.210. The lowest BCUT2D eigenvalue weighted by Gasteiger charge is -1.91. The third-order valence-electron chi connectivity index (χ3n) is 0.498. The van der Waals surface area contributed by atoms with Gasteiger partial charge in [-0.2, -0.15) is 9.90 Å². The second-order valence-electron chi connectivity index (χ2n) is 1.14. The lowest BCUT2D eigenvalue weighted by atomic mass is 10.5. The number of ether oxygens (including phenoxy) is 1. The van der Waals surface area contributed by atoms with Crippen molar-refractivity contribution >= 4 is 6.16 Å². The first-order valence-electron chi connectivity index (χ1n) is 2.17. The largest absolute Gasteiger partial charge is 0.549 e. The van der Waals surface area contributed by atoms with Gasteiger partial charge in [-0.15, -0.1) is 0 Å². The van der Waals surface area contributed by atoms with Crippen molar-refractivity contribution in [3.8, 4) is 0 Å². The van der Waals surface area contributed by atoms with Gasteiger partial charge in [-0.1, -0.05) is 0 Å². The molecule has 0 spiro atoms. The van der Waals surface area contributed by atoms with Crippen LogP contribution in [0.5, 0.6) is 0 Å². The molecule has 1 radical (unpaired) electrons. The summed E-state index contributed by atoms with van der Waals surface area (Å²) in [5.74, 6) is 0. The quantitative estimate of drug-likeness (QED) is 0.411. The van der Waals surface area contributed by atoms with Crippen molar-refractivity contribution in [2.24, 2.45) is 0 Å². The van der Waals surface area contributed by atoms with Crippen molar-refractivity contribution in [2.45, 2.75) is 6.42 Å². The summed E-state index contributed by atoms with van der Waals surface area (Å²) in [6, 6.07) is 0. The Morgan fingerprint density at radius 1 is 1.62 bits per heavy atom. The maximum Gasteiger partial charge on any atom is 0.549 e. The van der Waals surface area contributed by atoms with E-state index in [-0.39, 0.29) is 13.0 Å². The van der Waals surface area contributed by atoms with E-state index >= 15 is 0 Å². The topological polar surface area (TPSA) is 46.2 Å². The number of hydrogen-bond donors (Lipinski definition) is 0. The summed E-state index contributed by atoms with van der Waals surface area (Å²) in [5.41, 5.74) is 0. The minimum atomic E-state index is -1.60. The average Bonchev–Trinajstić information content (AvgIpc) is 1.66. The summed E-state index contributed by atoms with van der Waals surface area (Å²) >= 11 is 0. The Balaban J connectivity index is 2.82. The molecule has 0 fully saturated rings. The lowest BCUT2D eigenvalue weighted by Crippen LogP contribution is -2.00. The van der Waals surface area contributed by atoms with Crippen LogP contribution in [-0.4, -0.2) is 19.4 Å². The molecule has 0 heterocycles. The normalized spacial score (nSPS) is 8.62. The van der Waals surface area contributed by atoms with E-state index in [1.165, 1.54) is 0 Å². The molecule has 0 amide bonds. The van der Waals surface area contributed by atoms with Crippen LogP contribution in [0.1, 0.15) is 6.42 Å². The Kier molecular flexibility index (Phi) is 3.93. The highest BCUT2D eigenvalue weighted by Crippen LogP contribution is 1.83. The van der Waals surface area contributed by atoms with Crippen molar-refractivity contribution in [1.29, 1.82) is 0 Å². The molecule has 4 heteroatoms. The van der Waals surface area contributed by atoms with Crippen molar-refractivity contribution in [3.63, 3.8) is 0 Å². The van der Waals surface area contributed by atoms with Gasteiger partial charge in [0.25, 0.3) is 0 Å². The van der Waals surface area contributed by atoms with Crippen LogP contribution in [0.2, 0.25) is 0 Å². The molecule has 0 aliphatic carbocycles. The summed E-state index contributed by atoms with van der Waals surface area (Å²) < 4.78 is 15.0. The fraction of sp³-hybridized carbons (Fsp3) is 0.750. The Hall–Kier alpha value is -0.800. The molecular weight excluding hydrogens is 115 g/mol. The zero-order valence-corrected chi connectivity index (χ0v) is 4.22. The van der Waals surface area contributed by atoms with Crippen molar-refractivity contribution in [1.82, 2.24) is 0 Å². The molecule has 0 rings (SSSR count). The van der Waals surface area contributed by atoms with Crippen LogP contribution in [0.4, 0.5) is 9.18 Å². The first-order valence-corrected chi connectivity index (χ1v) is 2.17. The standard InChI is InChI=1S/C4H6FO3/c5-2-1-3-8-4(6)7/h1-3H2. The molecular formula is C4H6FO3.